The second-order valence-corrected chi connectivity index (χ2v) is 11.9. The Labute approximate surface area is 255 Å². The monoisotopic (exact) mass is 566 g/mol. The molecule has 0 spiro atoms. The second kappa shape index (κ2) is 8.95. The summed E-state index contributed by atoms with van der Waals surface area (Å²) in [4.78, 5) is 2.48. The summed E-state index contributed by atoms with van der Waals surface area (Å²) in [6.45, 7) is 0. The molecule has 4 aliphatic rings. The number of hydrogen-bond acceptors (Lipinski definition) is 2. The van der Waals surface area contributed by atoms with Crippen LogP contribution in [0.5, 0.6) is 11.5 Å². The van der Waals surface area contributed by atoms with Crippen LogP contribution in [0.2, 0.25) is 0 Å². The largest absolute Gasteiger partial charge is 0.454 e. The maximum atomic E-state index is 6.75. The number of rotatable bonds is 3. The van der Waals surface area contributed by atoms with E-state index in [4.69, 9.17) is 4.74 Å². The van der Waals surface area contributed by atoms with Gasteiger partial charge in [-0.2, -0.15) is 9.48 Å². The zero-order chi connectivity index (χ0) is 28.8. The average molecular weight is 567 g/mol. The molecule has 0 N–H and O–H groups in total. The molecule has 44 heavy (non-hydrogen) atoms. The van der Waals surface area contributed by atoms with Crippen LogP contribution in [0.4, 0.5) is 11.4 Å². The Kier molecular flexibility index (Phi) is 4.86. The third-order valence-corrected chi connectivity index (χ3v) is 9.50. The smallest absolute Gasteiger partial charge is 0.301 e. The average Bonchev–Trinajstić information content (AvgIpc) is 3.28. The lowest BCUT2D eigenvalue weighted by Crippen LogP contribution is -2.59. The molecule has 4 nitrogen and oxygen atoms in total. The Hall–Kier alpha value is -5.61. The van der Waals surface area contributed by atoms with Crippen molar-refractivity contribution in [3.05, 3.63) is 155 Å². The van der Waals surface area contributed by atoms with E-state index in [1.165, 1.54) is 45.0 Å². The van der Waals surface area contributed by atoms with Gasteiger partial charge in [0, 0.05) is 39.0 Å². The summed E-state index contributed by atoms with van der Waals surface area (Å²) in [5, 5.41) is 1.23. The van der Waals surface area contributed by atoms with Gasteiger partial charge < -0.3 is 9.30 Å². The molecule has 0 fully saturated rings. The molecule has 1 aliphatic carbocycles. The molecule has 6 aromatic rings. The highest BCUT2D eigenvalue weighted by Crippen LogP contribution is 2.50. The molecule has 1 atom stereocenters. The molecule has 0 radical (unpaired) electrons. The van der Waals surface area contributed by atoms with E-state index in [1.807, 2.05) is 6.07 Å². The predicted octanol–water partition coefficient (Wildman–Crippen LogP) is 9.49. The van der Waals surface area contributed by atoms with E-state index in [0.29, 0.717) is 0 Å². The number of fused-ring (bicyclic) bond motifs is 9. The van der Waals surface area contributed by atoms with Crippen LogP contribution in [0.25, 0.3) is 34.8 Å². The van der Waals surface area contributed by atoms with E-state index >= 15 is 0 Å². The minimum Gasteiger partial charge on any atom is -0.454 e. The number of para-hydroxylation sites is 2. The van der Waals surface area contributed by atoms with E-state index in [9.17, 15) is 0 Å². The van der Waals surface area contributed by atoms with Gasteiger partial charge in [-0.1, -0.05) is 97.1 Å². The van der Waals surface area contributed by atoms with E-state index in [0.717, 1.165) is 46.7 Å². The van der Waals surface area contributed by atoms with E-state index in [-0.39, 0.29) is 6.17 Å². The summed E-state index contributed by atoms with van der Waals surface area (Å²) in [6.07, 6.45) is 11.1. The van der Waals surface area contributed by atoms with Crippen molar-refractivity contribution in [2.75, 3.05) is 4.90 Å². The van der Waals surface area contributed by atoms with Crippen LogP contribution in [0, 0.1) is 0 Å². The third kappa shape index (κ3) is 3.20. The van der Waals surface area contributed by atoms with Crippen molar-refractivity contribution in [2.24, 2.45) is 0 Å². The first-order chi connectivity index (χ1) is 21.8. The quantitative estimate of drug-likeness (QED) is 0.199. The molecule has 1 unspecified atom stereocenters. The molecule has 0 saturated heterocycles. The third-order valence-electron chi connectivity index (χ3n) is 9.50. The fourth-order valence-electron chi connectivity index (χ4n) is 7.50. The van der Waals surface area contributed by atoms with Crippen LogP contribution < -0.4 is 9.64 Å². The first-order valence-electron chi connectivity index (χ1n) is 15.4. The van der Waals surface area contributed by atoms with Crippen LogP contribution in [0.1, 0.15) is 46.1 Å². The molecule has 4 heterocycles. The fraction of sp³-hybridized carbons (Fsp3) is 0.0750. The van der Waals surface area contributed by atoms with Gasteiger partial charge in [0.2, 0.25) is 0 Å². The molecule has 1 aromatic heterocycles. The van der Waals surface area contributed by atoms with Crippen LogP contribution in [-0.4, -0.2) is 15.0 Å². The number of nitrogens with zero attached hydrogens (tertiary/aromatic N) is 3. The highest BCUT2D eigenvalue weighted by Gasteiger charge is 2.57. The Morgan fingerprint density at radius 2 is 1.45 bits per heavy atom. The van der Waals surface area contributed by atoms with Gasteiger partial charge in [0.05, 0.1) is 5.52 Å². The SMILES string of the molecule is C1=Cc2c(n(-c3ccc(N4C5=[N+](c6ccccc65)C4c4ccccc4)cc3)c3c4c(ccc23)C=Cc2ccccc2O4)CC1. The Morgan fingerprint density at radius 3 is 2.36 bits per heavy atom. The van der Waals surface area contributed by atoms with Crippen LogP contribution in [0.15, 0.2) is 121 Å². The van der Waals surface area contributed by atoms with Gasteiger partial charge in [-0.15, -0.1) is 0 Å². The van der Waals surface area contributed by atoms with Crippen molar-refractivity contribution in [3.63, 3.8) is 0 Å². The molecular weight excluding hydrogens is 538 g/mol. The number of ether oxygens (including phenoxy) is 1. The molecule has 4 heteroatoms. The summed E-state index contributed by atoms with van der Waals surface area (Å²) in [5.74, 6) is 3.08. The molecular formula is C40H28N3O+. The van der Waals surface area contributed by atoms with Gasteiger partial charge in [-0.05, 0) is 55.3 Å². The highest BCUT2D eigenvalue weighted by molar-refractivity contribution is 6.16. The van der Waals surface area contributed by atoms with Crippen LogP contribution in [-0.2, 0) is 6.42 Å². The van der Waals surface area contributed by atoms with E-state index < -0.39 is 0 Å². The van der Waals surface area contributed by atoms with E-state index in [1.54, 1.807) is 0 Å². The number of amidine groups is 1. The van der Waals surface area contributed by atoms with Crippen molar-refractivity contribution in [3.8, 4) is 17.2 Å². The molecule has 0 bridgehead atoms. The first-order valence-corrected chi connectivity index (χ1v) is 15.4. The lowest BCUT2D eigenvalue weighted by molar-refractivity contribution is -0.531. The van der Waals surface area contributed by atoms with Crippen molar-refractivity contribution < 1.29 is 9.31 Å². The lowest BCUT2D eigenvalue weighted by Gasteiger charge is -2.44. The van der Waals surface area contributed by atoms with Gasteiger partial charge in [-0.25, -0.2) is 0 Å². The normalized spacial score (nSPS) is 17.0. The zero-order valence-electron chi connectivity index (χ0n) is 24.0. The fourth-order valence-corrected chi connectivity index (χ4v) is 7.50. The standard InChI is InChI=1S/C40H28N3O/c1-2-11-28(12-3-1)39-42(40-33-14-6-8-16-35(33)43(39)40)30-23-21-29(22-24-30)41-34-15-7-5-13-31(34)32-25-20-27-19-18-26-10-4-9-17-36(26)44-38(27)37(32)41/h1-6,8-14,16-25,39H,7,15H2/q+1. The Morgan fingerprint density at radius 1 is 0.682 bits per heavy atom. The summed E-state index contributed by atoms with van der Waals surface area (Å²) in [7, 11) is 0. The molecule has 0 saturated carbocycles. The first kappa shape index (κ1) is 23.9. The van der Waals surface area contributed by atoms with Gasteiger partial charge in [0.25, 0.3) is 6.17 Å². The summed E-state index contributed by atoms with van der Waals surface area (Å²) in [5.41, 5.74) is 12.2. The molecule has 10 rings (SSSR count). The molecule has 5 aromatic carbocycles. The number of allylic oxidation sites excluding steroid dienone is 1. The molecule has 0 amide bonds. The van der Waals surface area contributed by atoms with Crippen LogP contribution >= 0.6 is 0 Å². The molecule has 208 valence electrons. The Balaban J connectivity index is 1.12. The number of aromatic nitrogens is 1. The highest BCUT2D eigenvalue weighted by atomic mass is 16.5. The van der Waals surface area contributed by atoms with Crippen molar-refractivity contribution in [2.45, 2.75) is 19.0 Å². The van der Waals surface area contributed by atoms with Gasteiger partial charge in [-0.3, -0.25) is 0 Å². The number of benzene rings is 5. The topological polar surface area (TPSA) is 20.4 Å². The lowest BCUT2D eigenvalue weighted by atomic mass is 9.93. The van der Waals surface area contributed by atoms with Gasteiger partial charge in [0.1, 0.15) is 22.7 Å². The molecule has 3 aliphatic heterocycles. The van der Waals surface area contributed by atoms with Crippen molar-refractivity contribution in [1.29, 1.82) is 0 Å². The van der Waals surface area contributed by atoms with Gasteiger partial charge >= 0.3 is 5.84 Å². The minimum absolute atomic E-state index is 0.147. The Bertz CT molecular complexity index is 2250. The second-order valence-electron chi connectivity index (χ2n) is 11.9. The summed E-state index contributed by atoms with van der Waals surface area (Å²) < 4.78 is 11.7. The van der Waals surface area contributed by atoms with Crippen molar-refractivity contribution >= 4 is 46.3 Å². The predicted molar refractivity (Wildman–Crippen MR) is 178 cm³/mol. The zero-order valence-corrected chi connectivity index (χ0v) is 24.0. The summed E-state index contributed by atoms with van der Waals surface area (Å²) >= 11 is 0. The minimum atomic E-state index is 0.147. The van der Waals surface area contributed by atoms with Crippen molar-refractivity contribution in [1.82, 2.24) is 4.57 Å². The number of hydrogen-bond donors (Lipinski definition) is 0. The van der Waals surface area contributed by atoms with Crippen LogP contribution in [0.3, 0.4) is 0 Å². The summed E-state index contributed by atoms with van der Waals surface area (Å²) in [6, 6.07) is 41.4. The maximum Gasteiger partial charge on any atom is 0.301 e. The number of anilines is 1. The van der Waals surface area contributed by atoms with E-state index in [2.05, 4.69) is 148 Å². The maximum absolute atomic E-state index is 6.75. The van der Waals surface area contributed by atoms with Gasteiger partial charge in [0.15, 0.2) is 5.75 Å².